The Morgan fingerprint density at radius 3 is 2.65 bits per heavy atom. The standard InChI is InChI=1S/C18H13NS/c1-12-5-4-6-13(11-12)16-10-9-15-14-7-2-3-8-17(14)20-18(15)19-16/h2-11H,1H3. The Hall–Kier alpha value is -2.19. The van der Waals surface area contributed by atoms with Crippen LogP contribution < -0.4 is 0 Å². The third-order valence-corrected chi connectivity index (χ3v) is 4.64. The molecule has 2 heteroatoms. The number of hydrogen-bond donors (Lipinski definition) is 0. The molecule has 0 atom stereocenters. The van der Waals surface area contributed by atoms with E-state index in [-0.39, 0.29) is 0 Å². The Morgan fingerprint density at radius 1 is 0.850 bits per heavy atom. The van der Waals surface area contributed by atoms with E-state index in [0.29, 0.717) is 0 Å². The van der Waals surface area contributed by atoms with Gasteiger partial charge in [-0.25, -0.2) is 4.98 Å². The second kappa shape index (κ2) is 4.43. The van der Waals surface area contributed by atoms with Gasteiger partial charge in [-0.2, -0.15) is 0 Å². The van der Waals surface area contributed by atoms with Crippen LogP contribution in [0.25, 0.3) is 31.6 Å². The molecule has 0 aliphatic carbocycles. The lowest BCUT2D eigenvalue weighted by molar-refractivity contribution is 1.40. The molecule has 0 spiro atoms. The first-order valence-electron chi connectivity index (χ1n) is 6.66. The number of aryl methyl sites for hydroxylation is 1. The molecule has 0 aliphatic rings. The minimum absolute atomic E-state index is 1.05. The zero-order chi connectivity index (χ0) is 13.5. The van der Waals surface area contributed by atoms with Crippen LogP contribution >= 0.6 is 11.3 Å². The number of benzene rings is 2. The Bertz CT molecular complexity index is 921. The molecule has 0 unspecified atom stereocenters. The van der Waals surface area contributed by atoms with Gasteiger partial charge in [0, 0.05) is 21.0 Å². The zero-order valence-corrected chi connectivity index (χ0v) is 11.9. The monoisotopic (exact) mass is 275 g/mol. The number of rotatable bonds is 1. The third-order valence-electron chi connectivity index (χ3n) is 3.56. The van der Waals surface area contributed by atoms with Gasteiger partial charge in [-0.3, -0.25) is 0 Å². The van der Waals surface area contributed by atoms with Crippen molar-refractivity contribution in [2.24, 2.45) is 0 Å². The van der Waals surface area contributed by atoms with Crippen LogP contribution in [0.5, 0.6) is 0 Å². The van der Waals surface area contributed by atoms with Crippen molar-refractivity contribution in [2.45, 2.75) is 6.92 Å². The summed E-state index contributed by atoms with van der Waals surface area (Å²) in [6.45, 7) is 2.11. The quantitative estimate of drug-likeness (QED) is 0.451. The summed E-state index contributed by atoms with van der Waals surface area (Å²) in [5, 5.41) is 2.55. The van der Waals surface area contributed by atoms with Crippen LogP contribution in [-0.4, -0.2) is 4.98 Å². The minimum atomic E-state index is 1.05. The van der Waals surface area contributed by atoms with Crippen molar-refractivity contribution in [1.82, 2.24) is 4.98 Å². The summed E-state index contributed by atoms with van der Waals surface area (Å²) in [5.74, 6) is 0. The summed E-state index contributed by atoms with van der Waals surface area (Å²) in [6, 6.07) is 21.3. The molecule has 20 heavy (non-hydrogen) atoms. The lowest BCUT2D eigenvalue weighted by Gasteiger charge is -2.02. The van der Waals surface area contributed by atoms with Crippen molar-refractivity contribution in [3.63, 3.8) is 0 Å². The fraction of sp³-hybridized carbons (Fsp3) is 0.0556. The maximum absolute atomic E-state index is 4.84. The maximum Gasteiger partial charge on any atom is 0.125 e. The predicted molar refractivity (Wildman–Crippen MR) is 87.3 cm³/mol. The second-order valence-corrected chi connectivity index (χ2v) is 6.05. The van der Waals surface area contributed by atoms with E-state index >= 15 is 0 Å². The molecule has 4 rings (SSSR count). The van der Waals surface area contributed by atoms with Crippen LogP contribution in [0.2, 0.25) is 0 Å². The molecular weight excluding hydrogens is 262 g/mol. The van der Waals surface area contributed by atoms with Gasteiger partial charge in [-0.15, -0.1) is 11.3 Å². The molecule has 0 bridgehead atoms. The molecule has 4 aromatic rings. The van der Waals surface area contributed by atoms with Gasteiger partial charge >= 0.3 is 0 Å². The summed E-state index contributed by atoms with van der Waals surface area (Å²) in [6.07, 6.45) is 0. The van der Waals surface area contributed by atoms with Gasteiger partial charge in [-0.1, -0.05) is 42.0 Å². The van der Waals surface area contributed by atoms with Gasteiger partial charge in [0.25, 0.3) is 0 Å². The van der Waals surface area contributed by atoms with Crippen molar-refractivity contribution in [3.05, 3.63) is 66.2 Å². The van der Waals surface area contributed by atoms with Crippen molar-refractivity contribution in [1.29, 1.82) is 0 Å². The van der Waals surface area contributed by atoms with Crippen LogP contribution in [0, 0.1) is 6.92 Å². The zero-order valence-electron chi connectivity index (χ0n) is 11.1. The Kier molecular flexibility index (Phi) is 2.57. The summed E-state index contributed by atoms with van der Waals surface area (Å²) >= 11 is 1.76. The maximum atomic E-state index is 4.84. The van der Waals surface area contributed by atoms with Crippen LogP contribution in [0.15, 0.2) is 60.7 Å². The van der Waals surface area contributed by atoms with E-state index in [1.54, 1.807) is 11.3 Å². The van der Waals surface area contributed by atoms with Crippen molar-refractivity contribution >= 4 is 31.6 Å². The van der Waals surface area contributed by atoms with Gasteiger partial charge in [0.05, 0.1) is 5.69 Å². The van der Waals surface area contributed by atoms with E-state index in [1.165, 1.54) is 26.6 Å². The third kappa shape index (κ3) is 1.81. The SMILES string of the molecule is Cc1cccc(-c2ccc3c(n2)sc2ccccc23)c1. The first-order valence-corrected chi connectivity index (χ1v) is 7.48. The molecular formula is C18H13NS. The second-order valence-electron chi connectivity index (χ2n) is 5.02. The van der Waals surface area contributed by atoms with Crippen LogP contribution in [0.3, 0.4) is 0 Å². The topological polar surface area (TPSA) is 12.9 Å². The number of aromatic nitrogens is 1. The Morgan fingerprint density at radius 2 is 1.75 bits per heavy atom. The number of fused-ring (bicyclic) bond motifs is 3. The fourth-order valence-corrected chi connectivity index (χ4v) is 3.65. The Balaban J connectivity index is 1.97. The molecule has 2 aromatic carbocycles. The molecule has 0 saturated heterocycles. The molecule has 0 fully saturated rings. The number of hydrogen-bond acceptors (Lipinski definition) is 2. The molecule has 96 valence electrons. The van der Waals surface area contributed by atoms with Gasteiger partial charge in [-0.05, 0) is 31.2 Å². The van der Waals surface area contributed by atoms with E-state index in [1.807, 2.05) is 0 Å². The normalized spacial score (nSPS) is 11.2. The molecule has 0 radical (unpaired) electrons. The van der Waals surface area contributed by atoms with Gasteiger partial charge in [0.15, 0.2) is 0 Å². The van der Waals surface area contributed by atoms with E-state index in [2.05, 4.69) is 67.6 Å². The van der Waals surface area contributed by atoms with Gasteiger partial charge in [0.2, 0.25) is 0 Å². The van der Waals surface area contributed by atoms with Crippen LogP contribution in [0.4, 0.5) is 0 Å². The number of pyridine rings is 1. The predicted octanol–water partition coefficient (Wildman–Crippen LogP) is 5.42. The fourth-order valence-electron chi connectivity index (χ4n) is 2.57. The summed E-state index contributed by atoms with van der Waals surface area (Å²) < 4.78 is 1.30. The lowest BCUT2D eigenvalue weighted by Crippen LogP contribution is -1.83. The summed E-state index contributed by atoms with van der Waals surface area (Å²) in [7, 11) is 0. The van der Waals surface area contributed by atoms with Crippen LogP contribution in [-0.2, 0) is 0 Å². The minimum Gasteiger partial charge on any atom is -0.237 e. The smallest absolute Gasteiger partial charge is 0.125 e. The van der Waals surface area contributed by atoms with E-state index in [0.717, 1.165) is 10.5 Å². The number of nitrogens with zero attached hydrogens (tertiary/aromatic N) is 1. The highest BCUT2D eigenvalue weighted by Crippen LogP contribution is 2.33. The molecule has 0 N–H and O–H groups in total. The van der Waals surface area contributed by atoms with Crippen LogP contribution in [0.1, 0.15) is 5.56 Å². The van der Waals surface area contributed by atoms with E-state index in [9.17, 15) is 0 Å². The molecule has 1 nitrogen and oxygen atoms in total. The van der Waals surface area contributed by atoms with E-state index < -0.39 is 0 Å². The largest absolute Gasteiger partial charge is 0.237 e. The average Bonchev–Trinajstić information content (AvgIpc) is 2.85. The van der Waals surface area contributed by atoms with Gasteiger partial charge < -0.3 is 0 Å². The highest BCUT2D eigenvalue weighted by Gasteiger charge is 2.07. The first kappa shape index (κ1) is 11.6. The summed E-state index contributed by atoms with van der Waals surface area (Å²) in [5.41, 5.74) is 3.50. The number of thiophene rings is 1. The molecule has 0 aliphatic heterocycles. The molecule has 0 saturated carbocycles. The lowest BCUT2D eigenvalue weighted by atomic mass is 10.1. The highest BCUT2D eigenvalue weighted by atomic mass is 32.1. The van der Waals surface area contributed by atoms with Gasteiger partial charge in [0.1, 0.15) is 4.83 Å². The molecule has 2 aromatic heterocycles. The van der Waals surface area contributed by atoms with Crippen molar-refractivity contribution in [3.8, 4) is 11.3 Å². The molecule has 0 amide bonds. The Labute approximate surface area is 121 Å². The molecule has 2 heterocycles. The van der Waals surface area contributed by atoms with Crippen molar-refractivity contribution < 1.29 is 0 Å². The average molecular weight is 275 g/mol. The van der Waals surface area contributed by atoms with Crippen molar-refractivity contribution in [2.75, 3.05) is 0 Å². The summed E-state index contributed by atoms with van der Waals surface area (Å²) in [4.78, 5) is 5.96. The van der Waals surface area contributed by atoms with E-state index in [4.69, 9.17) is 4.98 Å². The first-order chi connectivity index (χ1) is 9.81. The highest BCUT2D eigenvalue weighted by molar-refractivity contribution is 7.25.